The summed E-state index contributed by atoms with van der Waals surface area (Å²) in [6.45, 7) is 4.30. The van der Waals surface area contributed by atoms with Gasteiger partial charge in [0.1, 0.15) is 0 Å². The van der Waals surface area contributed by atoms with Crippen LogP contribution in [0.1, 0.15) is 58.4 Å². The van der Waals surface area contributed by atoms with Gasteiger partial charge in [-0.05, 0) is 45.6 Å². The van der Waals surface area contributed by atoms with Crippen molar-refractivity contribution in [2.45, 2.75) is 76.1 Å². The van der Waals surface area contributed by atoms with Gasteiger partial charge in [0.25, 0.3) is 0 Å². The third kappa shape index (κ3) is 3.52. The number of carbonyl (C=O) groups is 1. The van der Waals surface area contributed by atoms with E-state index in [4.69, 9.17) is 0 Å². The Morgan fingerprint density at radius 1 is 1.26 bits per heavy atom. The molecule has 1 saturated carbocycles. The van der Waals surface area contributed by atoms with Gasteiger partial charge in [0.15, 0.2) is 0 Å². The number of aromatic nitrogens is 2. The molecule has 6 nitrogen and oxygen atoms in total. The second-order valence-electron chi connectivity index (χ2n) is 7.40. The third-order valence-corrected chi connectivity index (χ3v) is 5.23. The standard InChI is InChI=1S/C17H28N4O2/c1-17(2,23)15-9-5-11-20(15)16(22)19-13-7-3-4-8-14(13)21-12-6-10-18-21/h6,10,12-15,23H,3-5,7-9,11H2,1-2H3,(H,19,22)/t13-,14-,15+/m1/s1. The molecule has 3 atom stereocenters. The lowest BCUT2D eigenvalue weighted by atomic mass is 9.90. The number of hydrogen-bond acceptors (Lipinski definition) is 3. The summed E-state index contributed by atoms with van der Waals surface area (Å²) in [5.41, 5.74) is -0.859. The van der Waals surface area contributed by atoms with Crippen LogP contribution in [0, 0.1) is 0 Å². The predicted octanol–water partition coefficient (Wildman–Crippen LogP) is 2.31. The Morgan fingerprint density at radius 3 is 2.74 bits per heavy atom. The van der Waals surface area contributed by atoms with Crippen LogP contribution in [0.3, 0.4) is 0 Å². The molecule has 1 aliphatic carbocycles. The second kappa shape index (κ2) is 6.51. The summed E-state index contributed by atoms with van der Waals surface area (Å²) in [6, 6.07) is 2.12. The smallest absolute Gasteiger partial charge is 0.318 e. The number of rotatable bonds is 3. The number of urea groups is 1. The van der Waals surface area contributed by atoms with Crippen LogP contribution in [-0.2, 0) is 0 Å². The average molecular weight is 320 g/mol. The van der Waals surface area contributed by atoms with Crippen molar-refractivity contribution in [3.63, 3.8) is 0 Å². The number of amides is 2. The lowest BCUT2D eigenvalue weighted by Gasteiger charge is -2.37. The summed E-state index contributed by atoms with van der Waals surface area (Å²) < 4.78 is 1.97. The van der Waals surface area contributed by atoms with Crippen LogP contribution in [0.2, 0.25) is 0 Å². The Hall–Kier alpha value is -1.56. The van der Waals surface area contributed by atoms with Gasteiger partial charge in [-0.15, -0.1) is 0 Å². The molecule has 3 rings (SSSR count). The predicted molar refractivity (Wildman–Crippen MR) is 88.1 cm³/mol. The maximum atomic E-state index is 12.8. The lowest BCUT2D eigenvalue weighted by Crippen LogP contribution is -2.54. The van der Waals surface area contributed by atoms with E-state index < -0.39 is 5.60 Å². The van der Waals surface area contributed by atoms with Crippen molar-refractivity contribution in [1.82, 2.24) is 20.0 Å². The first-order valence-electron chi connectivity index (χ1n) is 8.75. The van der Waals surface area contributed by atoms with Crippen LogP contribution in [0.4, 0.5) is 4.79 Å². The number of carbonyl (C=O) groups excluding carboxylic acids is 1. The highest BCUT2D eigenvalue weighted by molar-refractivity contribution is 5.75. The molecule has 0 unspecified atom stereocenters. The van der Waals surface area contributed by atoms with Crippen LogP contribution < -0.4 is 5.32 Å². The molecule has 1 saturated heterocycles. The minimum Gasteiger partial charge on any atom is -0.388 e. The van der Waals surface area contributed by atoms with E-state index in [0.717, 1.165) is 38.6 Å². The molecule has 6 heteroatoms. The zero-order chi connectivity index (χ0) is 16.4. The molecule has 128 valence electrons. The largest absolute Gasteiger partial charge is 0.388 e. The Balaban J connectivity index is 1.68. The van der Waals surface area contributed by atoms with Gasteiger partial charge in [0.2, 0.25) is 0 Å². The molecule has 23 heavy (non-hydrogen) atoms. The number of likely N-dealkylation sites (tertiary alicyclic amines) is 1. The van der Waals surface area contributed by atoms with Crippen molar-refractivity contribution in [1.29, 1.82) is 0 Å². The van der Waals surface area contributed by atoms with E-state index >= 15 is 0 Å². The van der Waals surface area contributed by atoms with Crippen molar-refractivity contribution < 1.29 is 9.90 Å². The minimum absolute atomic E-state index is 0.0429. The normalized spacial score (nSPS) is 28.8. The monoisotopic (exact) mass is 320 g/mol. The van der Waals surface area contributed by atoms with Crippen LogP contribution in [0.15, 0.2) is 18.5 Å². The zero-order valence-electron chi connectivity index (χ0n) is 14.1. The zero-order valence-corrected chi connectivity index (χ0v) is 14.1. The highest BCUT2D eigenvalue weighted by atomic mass is 16.3. The third-order valence-electron chi connectivity index (χ3n) is 5.23. The molecule has 0 spiro atoms. The van der Waals surface area contributed by atoms with Crippen LogP contribution >= 0.6 is 0 Å². The maximum absolute atomic E-state index is 12.8. The fourth-order valence-electron chi connectivity index (χ4n) is 4.06. The summed E-state index contributed by atoms with van der Waals surface area (Å²) in [7, 11) is 0. The van der Waals surface area contributed by atoms with Gasteiger partial charge in [-0.25, -0.2) is 4.79 Å². The number of hydrogen-bond donors (Lipinski definition) is 2. The van der Waals surface area contributed by atoms with Crippen molar-refractivity contribution in [3.05, 3.63) is 18.5 Å². The highest BCUT2D eigenvalue weighted by Gasteiger charge is 2.39. The molecule has 2 N–H and O–H groups in total. The van der Waals surface area contributed by atoms with Crippen molar-refractivity contribution in [3.8, 4) is 0 Å². The van der Waals surface area contributed by atoms with E-state index in [1.54, 1.807) is 20.0 Å². The van der Waals surface area contributed by atoms with Gasteiger partial charge in [0.05, 0.1) is 23.7 Å². The van der Waals surface area contributed by atoms with Crippen molar-refractivity contribution in [2.75, 3.05) is 6.54 Å². The van der Waals surface area contributed by atoms with E-state index in [9.17, 15) is 9.90 Å². The van der Waals surface area contributed by atoms with Crippen molar-refractivity contribution in [2.24, 2.45) is 0 Å². The summed E-state index contributed by atoms with van der Waals surface area (Å²) in [5, 5.41) is 17.9. The topological polar surface area (TPSA) is 70.4 Å². The molecule has 0 radical (unpaired) electrons. The highest BCUT2D eigenvalue weighted by Crippen LogP contribution is 2.30. The van der Waals surface area contributed by atoms with Gasteiger partial charge < -0.3 is 15.3 Å². The van der Waals surface area contributed by atoms with Gasteiger partial charge in [-0.1, -0.05) is 12.8 Å². The molecule has 2 heterocycles. The van der Waals surface area contributed by atoms with Crippen molar-refractivity contribution >= 4 is 6.03 Å². The molecule has 1 aliphatic heterocycles. The van der Waals surface area contributed by atoms with E-state index in [0.29, 0.717) is 0 Å². The van der Waals surface area contributed by atoms with E-state index in [-0.39, 0.29) is 24.2 Å². The van der Waals surface area contributed by atoms with E-state index in [1.165, 1.54) is 6.42 Å². The molecule has 2 amide bonds. The Morgan fingerprint density at radius 2 is 2.04 bits per heavy atom. The van der Waals surface area contributed by atoms with Gasteiger partial charge in [-0.3, -0.25) is 4.68 Å². The quantitative estimate of drug-likeness (QED) is 0.898. The van der Waals surface area contributed by atoms with Crippen LogP contribution in [0.25, 0.3) is 0 Å². The van der Waals surface area contributed by atoms with Gasteiger partial charge in [-0.2, -0.15) is 5.10 Å². The SMILES string of the molecule is CC(C)(O)[C@@H]1CCCN1C(=O)N[C@@H]1CCCC[C@H]1n1cccn1. The first-order valence-corrected chi connectivity index (χ1v) is 8.75. The number of nitrogens with one attached hydrogen (secondary N) is 1. The second-order valence-corrected chi connectivity index (χ2v) is 7.40. The molecular weight excluding hydrogens is 292 g/mol. The fraction of sp³-hybridized carbons (Fsp3) is 0.765. The summed E-state index contributed by atoms with van der Waals surface area (Å²) in [6.07, 6.45) is 9.92. The first-order chi connectivity index (χ1) is 11.0. The minimum atomic E-state index is -0.859. The van der Waals surface area contributed by atoms with Gasteiger partial charge >= 0.3 is 6.03 Å². The van der Waals surface area contributed by atoms with E-state index in [2.05, 4.69) is 10.4 Å². The first kappa shape index (κ1) is 16.3. The van der Waals surface area contributed by atoms with Crippen LogP contribution in [0.5, 0.6) is 0 Å². The molecule has 0 bridgehead atoms. The molecule has 2 fully saturated rings. The lowest BCUT2D eigenvalue weighted by molar-refractivity contribution is 0.00896. The molecule has 0 aromatic carbocycles. The van der Waals surface area contributed by atoms with E-state index in [1.807, 2.05) is 21.8 Å². The van der Waals surface area contributed by atoms with Gasteiger partial charge in [0, 0.05) is 18.9 Å². The molecular formula is C17H28N4O2. The number of aliphatic hydroxyl groups is 1. The Bertz CT molecular complexity index is 523. The summed E-state index contributed by atoms with van der Waals surface area (Å²) in [5.74, 6) is 0. The molecule has 1 aromatic heterocycles. The summed E-state index contributed by atoms with van der Waals surface area (Å²) in [4.78, 5) is 14.6. The maximum Gasteiger partial charge on any atom is 0.318 e. The van der Waals surface area contributed by atoms with Crippen LogP contribution in [-0.4, -0.2) is 50.0 Å². The summed E-state index contributed by atoms with van der Waals surface area (Å²) >= 11 is 0. The Kier molecular flexibility index (Phi) is 4.62. The molecule has 1 aromatic rings. The average Bonchev–Trinajstić information content (AvgIpc) is 3.19. The number of nitrogens with zero attached hydrogens (tertiary/aromatic N) is 3. The molecule has 2 aliphatic rings. The fourth-order valence-corrected chi connectivity index (χ4v) is 4.06. The Labute approximate surface area is 137 Å².